The first-order valence-electron chi connectivity index (χ1n) is 6.44. The number of H-pyrrole nitrogens is 1. The van der Waals surface area contributed by atoms with Gasteiger partial charge in [-0.05, 0) is 23.9 Å². The van der Waals surface area contributed by atoms with Gasteiger partial charge in [0.2, 0.25) is 10.0 Å². The van der Waals surface area contributed by atoms with Crippen LogP contribution in [0.15, 0.2) is 23.1 Å². The number of benzene rings is 1. The smallest absolute Gasteiger partial charge is 0.258 e. The van der Waals surface area contributed by atoms with E-state index in [1.165, 1.54) is 12.3 Å². The Hall–Kier alpha value is -1.84. The van der Waals surface area contributed by atoms with Crippen molar-refractivity contribution in [2.24, 2.45) is 5.14 Å². The topological polar surface area (TPSA) is 105 Å². The first kappa shape index (κ1) is 16.5. The van der Waals surface area contributed by atoms with Crippen LogP contribution in [0, 0.1) is 11.6 Å². The van der Waals surface area contributed by atoms with E-state index < -0.39 is 33.3 Å². The fourth-order valence-electron chi connectivity index (χ4n) is 2.19. The van der Waals surface area contributed by atoms with Crippen molar-refractivity contribution in [2.75, 3.05) is 12.3 Å². The number of halogens is 2. The maximum Gasteiger partial charge on any atom is 0.258 e. The van der Waals surface area contributed by atoms with E-state index in [1.807, 2.05) is 0 Å². The average molecular weight is 331 g/mol. The average Bonchev–Trinajstić information content (AvgIpc) is 2.41. The van der Waals surface area contributed by atoms with E-state index >= 15 is 0 Å². The number of hydrogen-bond donors (Lipinski definition) is 3. The molecule has 120 valence electrons. The van der Waals surface area contributed by atoms with Gasteiger partial charge in [0, 0.05) is 18.8 Å². The Bertz CT molecular complexity index is 865. The van der Waals surface area contributed by atoms with Gasteiger partial charge in [-0.25, -0.2) is 22.3 Å². The Morgan fingerprint density at radius 1 is 1.36 bits per heavy atom. The molecule has 0 bridgehead atoms. The second kappa shape index (κ2) is 6.11. The molecule has 0 saturated carbocycles. The molecule has 0 fully saturated rings. The van der Waals surface area contributed by atoms with Gasteiger partial charge in [0.1, 0.15) is 0 Å². The molecular formula is C13H15F2N3O3S. The molecule has 0 aliphatic rings. The molecule has 2 aromatic rings. The molecular weight excluding hydrogens is 316 g/mol. The number of fused-ring (bicyclic) bond motifs is 1. The first-order chi connectivity index (χ1) is 10.2. The molecule has 0 radical (unpaired) electrons. The largest absolute Gasteiger partial charge is 0.328 e. The molecule has 0 aliphatic heterocycles. The molecule has 1 aromatic carbocycles. The number of nitrogens with one attached hydrogen (secondary N) is 2. The normalized spacial score (nSPS) is 13.5. The lowest BCUT2D eigenvalue weighted by molar-refractivity contribution is 0.516. The minimum Gasteiger partial charge on any atom is -0.328 e. The SMILES string of the molecule is CC(NCCS(N)(=O)=O)c1c[nH]c(=O)c2c(F)c(F)ccc12. The van der Waals surface area contributed by atoms with Crippen molar-refractivity contribution in [3.05, 3.63) is 45.9 Å². The number of aromatic nitrogens is 1. The molecule has 0 amide bonds. The molecule has 0 spiro atoms. The summed E-state index contributed by atoms with van der Waals surface area (Å²) in [7, 11) is -3.59. The highest BCUT2D eigenvalue weighted by molar-refractivity contribution is 7.89. The summed E-state index contributed by atoms with van der Waals surface area (Å²) in [5.74, 6) is -2.58. The van der Waals surface area contributed by atoms with Gasteiger partial charge in [0.15, 0.2) is 11.6 Å². The van der Waals surface area contributed by atoms with Gasteiger partial charge < -0.3 is 10.3 Å². The van der Waals surface area contributed by atoms with Gasteiger partial charge in [-0.2, -0.15) is 0 Å². The van der Waals surface area contributed by atoms with Crippen LogP contribution >= 0.6 is 0 Å². The van der Waals surface area contributed by atoms with Crippen LogP contribution in [-0.2, 0) is 10.0 Å². The Morgan fingerprint density at radius 2 is 2.05 bits per heavy atom. The third kappa shape index (κ3) is 3.49. The third-order valence-electron chi connectivity index (χ3n) is 3.30. The van der Waals surface area contributed by atoms with Crippen LogP contribution < -0.4 is 16.0 Å². The monoisotopic (exact) mass is 331 g/mol. The van der Waals surface area contributed by atoms with Gasteiger partial charge in [0.05, 0.1) is 11.1 Å². The van der Waals surface area contributed by atoms with Crippen molar-refractivity contribution in [1.29, 1.82) is 0 Å². The maximum atomic E-state index is 13.8. The molecule has 1 aromatic heterocycles. The van der Waals surface area contributed by atoms with Gasteiger partial charge in [-0.15, -0.1) is 0 Å². The number of nitrogens with two attached hydrogens (primary N) is 1. The molecule has 9 heteroatoms. The second-order valence-electron chi connectivity index (χ2n) is 4.90. The van der Waals surface area contributed by atoms with Crippen molar-refractivity contribution in [3.8, 4) is 0 Å². The van der Waals surface area contributed by atoms with Crippen LogP contribution in [0.4, 0.5) is 8.78 Å². The van der Waals surface area contributed by atoms with E-state index in [2.05, 4.69) is 10.3 Å². The van der Waals surface area contributed by atoms with Crippen LogP contribution in [0.1, 0.15) is 18.5 Å². The molecule has 1 atom stereocenters. The summed E-state index contributed by atoms with van der Waals surface area (Å²) in [6.45, 7) is 1.79. The van der Waals surface area contributed by atoms with Crippen LogP contribution in [0.25, 0.3) is 10.8 Å². The van der Waals surface area contributed by atoms with Gasteiger partial charge >= 0.3 is 0 Å². The van der Waals surface area contributed by atoms with Crippen molar-refractivity contribution in [1.82, 2.24) is 10.3 Å². The quantitative estimate of drug-likeness (QED) is 0.751. The van der Waals surface area contributed by atoms with E-state index in [0.29, 0.717) is 5.56 Å². The first-order valence-corrected chi connectivity index (χ1v) is 8.15. The standard InChI is InChI=1S/C13H15F2N3O3S/c1-7(17-4-5-22(16,20)21)9-6-18-13(19)11-8(9)2-3-10(14)12(11)15/h2-3,6-7,17H,4-5H2,1H3,(H,18,19)(H2,16,20,21). The summed E-state index contributed by atoms with van der Waals surface area (Å²) in [4.78, 5) is 14.0. The lowest BCUT2D eigenvalue weighted by atomic mass is 10.0. The second-order valence-corrected chi connectivity index (χ2v) is 6.63. The van der Waals surface area contributed by atoms with Gasteiger partial charge in [-0.1, -0.05) is 6.07 Å². The number of rotatable bonds is 5. The minimum atomic E-state index is -3.59. The predicted octanol–water partition coefficient (Wildman–Crippen LogP) is 0.745. The third-order valence-corrected chi connectivity index (χ3v) is 4.07. The predicted molar refractivity (Wildman–Crippen MR) is 78.9 cm³/mol. The summed E-state index contributed by atoms with van der Waals surface area (Å²) < 4.78 is 48.8. The Kier molecular flexibility index (Phi) is 4.59. The zero-order valence-corrected chi connectivity index (χ0v) is 12.5. The van der Waals surface area contributed by atoms with Crippen LogP contribution in [0.2, 0.25) is 0 Å². The molecule has 1 heterocycles. The number of sulfonamides is 1. The van der Waals surface area contributed by atoms with Crippen LogP contribution in [0.5, 0.6) is 0 Å². The van der Waals surface area contributed by atoms with Crippen LogP contribution in [0.3, 0.4) is 0 Å². The maximum absolute atomic E-state index is 13.8. The van der Waals surface area contributed by atoms with E-state index in [-0.39, 0.29) is 23.1 Å². The van der Waals surface area contributed by atoms with Crippen molar-refractivity contribution in [2.45, 2.75) is 13.0 Å². The molecule has 0 saturated heterocycles. The van der Waals surface area contributed by atoms with E-state index in [0.717, 1.165) is 6.07 Å². The molecule has 0 aliphatic carbocycles. The molecule has 4 N–H and O–H groups in total. The highest BCUT2D eigenvalue weighted by Crippen LogP contribution is 2.24. The lowest BCUT2D eigenvalue weighted by Gasteiger charge is -2.16. The van der Waals surface area contributed by atoms with Gasteiger partial charge in [-0.3, -0.25) is 4.79 Å². The van der Waals surface area contributed by atoms with E-state index in [1.54, 1.807) is 6.92 Å². The Morgan fingerprint density at radius 3 is 2.68 bits per heavy atom. The molecule has 1 unspecified atom stereocenters. The van der Waals surface area contributed by atoms with E-state index in [9.17, 15) is 22.0 Å². The lowest BCUT2D eigenvalue weighted by Crippen LogP contribution is -2.29. The number of hydrogen-bond acceptors (Lipinski definition) is 4. The molecule has 22 heavy (non-hydrogen) atoms. The summed E-state index contributed by atoms with van der Waals surface area (Å²) in [5, 5.41) is 7.70. The minimum absolute atomic E-state index is 0.0876. The highest BCUT2D eigenvalue weighted by atomic mass is 32.2. The summed E-state index contributed by atoms with van der Waals surface area (Å²) in [5.41, 5.74) is -0.213. The zero-order chi connectivity index (χ0) is 16.5. The van der Waals surface area contributed by atoms with Crippen LogP contribution in [-0.4, -0.2) is 25.7 Å². The van der Waals surface area contributed by atoms with Gasteiger partial charge in [0.25, 0.3) is 5.56 Å². The zero-order valence-electron chi connectivity index (χ0n) is 11.7. The summed E-state index contributed by atoms with van der Waals surface area (Å²) in [6.07, 6.45) is 1.39. The van der Waals surface area contributed by atoms with Crippen molar-refractivity contribution in [3.63, 3.8) is 0 Å². The van der Waals surface area contributed by atoms with Crippen molar-refractivity contribution >= 4 is 20.8 Å². The number of primary sulfonamides is 1. The summed E-state index contributed by atoms with van der Waals surface area (Å²) in [6, 6.07) is 1.86. The molecule has 2 rings (SSSR count). The van der Waals surface area contributed by atoms with Crippen molar-refractivity contribution < 1.29 is 17.2 Å². The fraction of sp³-hybridized carbons (Fsp3) is 0.308. The highest BCUT2D eigenvalue weighted by Gasteiger charge is 2.16. The Labute approximate surface area is 125 Å². The van der Waals surface area contributed by atoms with E-state index in [4.69, 9.17) is 5.14 Å². The number of pyridine rings is 1. The fourth-order valence-corrected chi connectivity index (χ4v) is 2.59. The summed E-state index contributed by atoms with van der Waals surface area (Å²) >= 11 is 0. The number of aromatic amines is 1. The Balaban J connectivity index is 2.38. The molecule has 6 nitrogen and oxygen atoms in total.